The summed E-state index contributed by atoms with van der Waals surface area (Å²) in [4.78, 5) is 6.70. The van der Waals surface area contributed by atoms with E-state index in [1.54, 1.807) is 18.3 Å². The van der Waals surface area contributed by atoms with Gasteiger partial charge in [0.15, 0.2) is 0 Å². The van der Waals surface area contributed by atoms with E-state index in [4.69, 9.17) is 10.9 Å². The number of piperidine rings is 1. The van der Waals surface area contributed by atoms with Crippen molar-refractivity contribution in [3.05, 3.63) is 83.6 Å². The minimum atomic E-state index is -0.720. The summed E-state index contributed by atoms with van der Waals surface area (Å²) < 4.78 is 28.9. The molecule has 6 nitrogen and oxygen atoms in total. The van der Waals surface area contributed by atoms with Crippen LogP contribution >= 0.6 is 0 Å². The van der Waals surface area contributed by atoms with E-state index in [2.05, 4.69) is 15.0 Å². The van der Waals surface area contributed by atoms with Gasteiger partial charge in [-0.3, -0.25) is 4.98 Å². The third-order valence-electron chi connectivity index (χ3n) is 6.69. The van der Waals surface area contributed by atoms with Crippen LogP contribution in [-0.4, -0.2) is 46.7 Å². The lowest BCUT2D eigenvalue weighted by molar-refractivity contribution is 0.132. The number of fused-ring (bicyclic) bond motifs is 1. The van der Waals surface area contributed by atoms with Crippen molar-refractivity contribution in [2.24, 2.45) is 10.9 Å². The highest BCUT2D eigenvalue weighted by molar-refractivity contribution is 6.03. The van der Waals surface area contributed by atoms with Gasteiger partial charge in [0.2, 0.25) is 0 Å². The summed E-state index contributed by atoms with van der Waals surface area (Å²) in [5, 5.41) is 23.4. The maximum atomic E-state index is 14.5. The largest absolute Gasteiger partial charge is 0.411 e. The molecule has 0 aliphatic carbocycles. The van der Waals surface area contributed by atoms with E-state index in [-0.39, 0.29) is 17.4 Å². The first kappa shape index (κ1) is 23.8. The fourth-order valence-corrected chi connectivity index (χ4v) is 4.92. The van der Waals surface area contributed by atoms with Gasteiger partial charge in [-0.2, -0.15) is 0 Å². The van der Waals surface area contributed by atoms with Crippen LogP contribution in [0, 0.1) is 18.6 Å². The molecule has 4 aromatic rings. The van der Waals surface area contributed by atoms with Gasteiger partial charge in [0.25, 0.3) is 0 Å². The standard InChI is InChI=1S/C28H26F2N4O2/c1-16-9-18(11-19(29)10-16)22-13-32-26-6-5-17(20-3-2-4-24(30)23(20)14-33-36)12-21(26)28(22)34-8-7-25(31)27(35)15-34/h2-6,9-14,25,27,35-36H,7-8,15,31H2,1H3/b33-14+/t25?,27-/m0/s1. The Hall–Kier alpha value is -3.88. The van der Waals surface area contributed by atoms with Crippen molar-refractivity contribution in [3.8, 4) is 22.3 Å². The molecule has 0 amide bonds. The number of rotatable bonds is 4. The number of nitrogens with two attached hydrogens (primary N) is 1. The molecular weight excluding hydrogens is 462 g/mol. The lowest BCUT2D eigenvalue weighted by Gasteiger charge is -2.37. The van der Waals surface area contributed by atoms with E-state index in [1.807, 2.05) is 31.2 Å². The number of aromatic nitrogens is 1. The lowest BCUT2D eigenvalue weighted by Crippen LogP contribution is -2.50. The van der Waals surface area contributed by atoms with Gasteiger partial charge in [0.05, 0.1) is 23.5 Å². The highest BCUT2D eigenvalue weighted by Gasteiger charge is 2.28. The molecule has 0 saturated carbocycles. The molecule has 0 spiro atoms. The molecule has 1 saturated heterocycles. The van der Waals surface area contributed by atoms with Crippen molar-refractivity contribution in [2.75, 3.05) is 18.0 Å². The molecule has 3 aromatic carbocycles. The number of aliphatic hydroxyl groups is 1. The molecule has 8 heteroatoms. The molecule has 184 valence electrons. The van der Waals surface area contributed by atoms with Gasteiger partial charge in [-0.25, -0.2) is 8.78 Å². The van der Waals surface area contributed by atoms with Crippen LogP contribution in [0.5, 0.6) is 0 Å². The first-order chi connectivity index (χ1) is 17.4. The number of oxime groups is 1. The predicted octanol–water partition coefficient (Wildman–Crippen LogP) is 4.86. The molecule has 1 fully saturated rings. The number of anilines is 1. The second-order valence-corrected chi connectivity index (χ2v) is 9.18. The average molecular weight is 489 g/mol. The van der Waals surface area contributed by atoms with E-state index in [0.29, 0.717) is 41.7 Å². The Balaban J connectivity index is 1.77. The zero-order valence-electron chi connectivity index (χ0n) is 19.7. The number of hydrogen-bond donors (Lipinski definition) is 3. The van der Waals surface area contributed by atoms with Crippen LogP contribution in [0.3, 0.4) is 0 Å². The topological polar surface area (TPSA) is 95.0 Å². The Bertz CT molecular complexity index is 1450. The molecule has 2 heterocycles. The number of pyridine rings is 1. The van der Waals surface area contributed by atoms with Gasteiger partial charge in [0, 0.05) is 41.8 Å². The maximum absolute atomic E-state index is 14.5. The highest BCUT2D eigenvalue weighted by atomic mass is 19.1. The van der Waals surface area contributed by atoms with Crippen LogP contribution in [0.15, 0.2) is 65.9 Å². The van der Waals surface area contributed by atoms with Crippen molar-refractivity contribution >= 4 is 22.8 Å². The van der Waals surface area contributed by atoms with Crippen molar-refractivity contribution in [3.63, 3.8) is 0 Å². The molecule has 4 N–H and O–H groups in total. The van der Waals surface area contributed by atoms with Crippen molar-refractivity contribution in [2.45, 2.75) is 25.5 Å². The van der Waals surface area contributed by atoms with Crippen molar-refractivity contribution < 1.29 is 19.1 Å². The van der Waals surface area contributed by atoms with Gasteiger partial charge in [-0.05, 0) is 65.9 Å². The number of nitrogens with zero attached hydrogens (tertiary/aromatic N) is 3. The summed E-state index contributed by atoms with van der Waals surface area (Å²) in [5.74, 6) is -0.862. The SMILES string of the molecule is Cc1cc(F)cc(-c2cnc3ccc(-c4cccc(F)c4/C=N/O)cc3c2N2CCC(N)[C@@H](O)C2)c1. The number of aliphatic hydroxyl groups excluding tert-OH is 1. The minimum absolute atomic E-state index is 0.158. The second-order valence-electron chi connectivity index (χ2n) is 9.18. The summed E-state index contributed by atoms with van der Waals surface area (Å²) in [7, 11) is 0. The van der Waals surface area contributed by atoms with E-state index >= 15 is 0 Å². The third kappa shape index (κ3) is 4.41. The Labute approximate surface area is 207 Å². The Morgan fingerprint density at radius 3 is 2.67 bits per heavy atom. The fourth-order valence-electron chi connectivity index (χ4n) is 4.92. The van der Waals surface area contributed by atoms with E-state index in [0.717, 1.165) is 28.4 Å². The van der Waals surface area contributed by atoms with Gasteiger partial charge in [0.1, 0.15) is 11.6 Å². The number of aryl methyl sites for hydroxylation is 1. The molecule has 36 heavy (non-hydrogen) atoms. The number of hydrogen-bond acceptors (Lipinski definition) is 6. The number of halogens is 2. The predicted molar refractivity (Wildman–Crippen MR) is 137 cm³/mol. The Morgan fingerprint density at radius 1 is 1.08 bits per heavy atom. The molecule has 0 radical (unpaired) electrons. The molecular formula is C28H26F2N4O2. The number of β-amino-alcohol motifs (C(OH)–C–C–N with tert-alkyl or cyclic N) is 1. The van der Waals surface area contributed by atoms with Gasteiger partial charge in [-0.1, -0.05) is 29.4 Å². The highest BCUT2D eigenvalue weighted by Crippen LogP contribution is 2.40. The smallest absolute Gasteiger partial charge is 0.132 e. The zero-order chi connectivity index (χ0) is 25.4. The summed E-state index contributed by atoms with van der Waals surface area (Å²) in [6.45, 7) is 2.75. The fraction of sp³-hybridized carbons (Fsp3) is 0.214. The van der Waals surface area contributed by atoms with Crippen LogP contribution in [0.2, 0.25) is 0 Å². The molecule has 1 aliphatic heterocycles. The van der Waals surface area contributed by atoms with Gasteiger partial charge in [-0.15, -0.1) is 0 Å². The van der Waals surface area contributed by atoms with E-state index < -0.39 is 11.9 Å². The minimum Gasteiger partial charge on any atom is -0.411 e. The maximum Gasteiger partial charge on any atom is 0.132 e. The van der Waals surface area contributed by atoms with Gasteiger partial charge >= 0.3 is 0 Å². The van der Waals surface area contributed by atoms with E-state index in [9.17, 15) is 13.9 Å². The molecule has 1 unspecified atom stereocenters. The Kier molecular flexibility index (Phi) is 6.38. The first-order valence-corrected chi connectivity index (χ1v) is 11.7. The molecule has 1 aromatic heterocycles. The number of benzene rings is 3. The second kappa shape index (κ2) is 9.64. The summed E-state index contributed by atoms with van der Waals surface area (Å²) in [6, 6.07) is 14.7. The summed E-state index contributed by atoms with van der Waals surface area (Å²) in [6.07, 6.45) is 2.66. The van der Waals surface area contributed by atoms with Crippen molar-refractivity contribution in [1.29, 1.82) is 0 Å². The third-order valence-corrected chi connectivity index (χ3v) is 6.69. The van der Waals surface area contributed by atoms with E-state index in [1.165, 1.54) is 18.2 Å². The van der Waals surface area contributed by atoms with Crippen LogP contribution in [0.4, 0.5) is 14.5 Å². The average Bonchev–Trinajstić information content (AvgIpc) is 2.85. The quantitative estimate of drug-likeness (QED) is 0.217. The molecule has 2 atom stereocenters. The molecule has 0 bridgehead atoms. The summed E-state index contributed by atoms with van der Waals surface area (Å²) in [5.41, 5.74) is 11.1. The molecule has 5 rings (SSSR count). The van der Waals surface area contributed by atoms with Crippen LogP contribution in [0.1, 0.15) is 17.5 Å². The molecule has 1 aliphatic rings. The van der Waals surface area contributed by atoms with Crippen LogP contribution < -0.4 is 10.6 Å². The van der Waals surface area contributed by atoms with Crippen LogP contribution in [-0.2, 0) is 0 Å². The lowest BCUT2D eigenvalue weighted by atomic mass is 9.94. The normalized spacial score (nSPS) is 18.3. The van der Waals surface area contributed by atoms with Gasteiger partial charge < -0.3 is 20.9 Å². The zero-order valence-corrected chi connectivity index (χ0v) is 19.7. The summed E-state index contributed by atoms with van der Waals surface area (Å²) >= 11 is 0. The monoisotopic (exact) mass is 488 g/mol. The van der Waals surface area contributed by atoms with Crippen molar-refractivity contribution in [1.82, 2.24) is 4.98 Å². The first-order valence-electron chi connectivity index (χ1n) is 11.7. The van der Waals surface area contributed by atoms with Crippen LogP contribution in [0.25, 0.3) is 33.2 Å². The Morgan fingerprint density at radius 2 is 1.92 bits per heavy atom.